The molecule has 2 rings (SSSR count). The van der Waals surface area contributed by atoms with E-state index in [1.807, 2.05) is 31.1 Å². The van der Waals surface area contributed by atoms with Gasteiger partial charge >= 0.3 is 0 Å². The number of aromatic nitrogens is 1. The minimum atomic E-state index is -0.0507. The highest BCUT2D eigenvalue weighted by Crippen LogP contribution is 2.23. The van der Waals surface area contributed by atoms with Crippen LogP contribution in [0.5, 0.6) is 0 Å². The molecular formula is C11H16N2OS. The number of pyridine rings is 1. The molecule has 1 saturated heterocycles. The lowest BCUT2D eigenvalue weighted by Gasteiger charge is -2.27. The summed E-state index contributed by atoms with van der Waals surface area (Å²) in [5, 5.41) is 0. The third-order valence-electron chi connectivity index (χ3n) is 2.52. The van der Waals surface area contributed by atoms with E-state index in [2.05, 4.69) is 11.1 Å². The van der Waals surface area contributed by atoms with Crippen LogP contribution in [0.25, 0.3) is 0 Å². The van der Waals surface area contributed by atoms with Gasteiger partial charge in [0.1, 0.15) is 0 Å². The van der Waals surface area contributed by atoms with Gasteiger partial charge in [0.15, 0.2) is 0 Å². The van der Waals surface area contributed by atoms with Gasteiger partial charge in [-0.3, -0.25) is 4.98 Å². The van der Waals surface area contributed by atoms with Gasteiger partial charge in [-0.05, 0) is 18.1 Å². The molecule has 0 aliphatic carbocycles. The molecule has 0 spiro atoms. The van der Waals surface area contributed by atoms with Crippen LogP contribution in [0.4, 0.5) is 0 Å². The van der Waals surface area contributed by atoms with Gasteiger partial charge in [0, 0.05) is 23.9 Å². The van der Waals surface area contributed by atoms with E-state index in [9.17, 15) is 0 Å². The normalized spacial score (nSPS) is 23.7. The first kappa shape index (κ1) is 10.9. The van der Waals surface area contributed by atoms with Crippen molar-refractivity contribution in [2.45, 2.75) is 19.1 Å². The Morgan fingerprint density at radius 3 is 3.13 bits per heavy atom. The molecule has 0 aromatic carbocycles. The summed E-state index contributed by atoms with van der Waals surface area (Å²) in [7, 11) is 0. The van der Waals surface area contributed by atoms with Crippen molar-refractivity contribution in [2.24, 2.45) is 5.73 Å². The van der Waals surface area contributed by atoms with Crippen LogP contribution >= 0.6 is 11.8 Å². The molecule has 4 heteroatoms. The van der Waals surface area contributed by atoms with Crippen molar-refractivity contribution in [3.8, 4) is 0 Å². The summed E-state index contributed by atoms with van der Waals surface area (Å²) in [6.45, 7) is 2.84. The van der Waals surface area contributed by atoms with Crippen molar-refractivity contribution in [2.75, 3.05) is 18.1 Å². The number of thioether (sulfide) groups is 1. The summed E-state index contributed by atoms with van der Waals surface area (Å²) in [5.74, 6) is 2.06. The molecule has 2 heterocycles. The predicted octanol–water partition coefficient (Wildman–Crippen LogP) is 1.52. The molecule has 15 heavy (non-hydrogen) atoms. The van der Waals surface area contributed by atoms with E-state index in [0.29, 0.717) is 0 Å². The molecule has 1 aliphatic heterocycles. The second-order valence-electron chi connectivity index (χ2n) is 3.81. The van der Waals surface area contributed by atoms with Crippen LogP contribution in [0, 0.1) is 6.92 Å². The highest BCUT2D eigenvalue weighted by molar-refractivity contribution is 7.99. The fourth-order valence-electron chi connectivity index (χ4n) is 1.69. The van der Waals surface area contributed by atoms with Gasteiger partial charge in [-0.2, -0.15) is 11.8 Å². The van der Waals surface area contributed by atoms with Gasteiger partial charge in [-0.15, -0.1) is 0 Å². The third kappa shape index (κ3) is 2.71. The number of aryl methyl sites for hydroxylation is 1. The number of nitrogens with zero attached hydrogens (tertiary/aromatic N) is 1. The Balaban J connectivity index is 2.08. The monoisotopic (exact) mass is 224 g/mol. The standard InChI is InChI=1S/C11H16N2OS/c1-8-4-9(6-13-5-8)11(12)10-7-15-3-2-14-10/h4-6,10-11H,2-3,7,12H2,1H3. The lowest BCUT2D eigenvalue weighted by atomic mass is 10.0. The summed E-state index contributed by atoms with van der Waals surface area (Å²) in [6, 6.07) is 2.03. The Labute approximate surface area is 94.4 Å². The van der Waals surface area contributed by atoms with E-state index < -0.39 is 0 Å². The van der Waals surface area contributed by atoms with Crippen molar-refractivity contribution in [3.05, 3.63) is 29.6 Å². The molecule has 1 aromatic heterocycles. The highest BCUT2D eigenvalue weighted by Gasteiger charge is 2.23. The predicted molar refractivity (Wildman–Crippen MR) is 63.0 cm³/mol. The number of nitrogens with two attached hydrogens (primary N) is 1. The van der Waals surface area contributed by atoms with E-state index in [4.69, 9.17) is 10.5 Å². The SMILES string of the molecule is Cc1cncc(C(N)C2CSCCO2)c1. The van der Waals surface area contributed by atoms with Crippen LogP contribution in [-0.4, -0.2) is 29.2 Å². The quantitative estimate of drug-likeness (QED) is 0.827. The lowest BCUT2D eigenvalue weighted by Crippen LogP contribution is -2.34. The molecule has 3 nitrogen and oxygen atoms in total. The lowest BCUT2D eigenvalue weighted by molar-refractivity contribution is 0.0568. The van der Waals surface area contributed by atoms with Gasteiger partial charge in [-0.1, -0.05) is 6.07 Å². The second kappa shape index (κ2) is 4.96. The Morgan fingerprint density at radius 1 is 1.60 bits per heavy atom. The molecule has 2 atom stereocenters. The first-order valence-electron chi connectivity index (χ1n) is 5.14. The summed E-state index contributed by atoms with van der Waals surface area (Å²) in [5.41, 5.74) is 8.38. The molecule has 0 radical (unpaired) electrons. The van der Waals surface area contributed by atoms with Gasteiger partial charge in [-0.25, -0.2) is 0 Å². The van der Waals surface area contributed by atoms with E-state index in [1.54, 1.807) is 0 Å². The van der Waals surface area contributed by atoms with Crippen molar-refractivity contribution in [3.63, 3.8) is 0 Å². The van der Waals surface area contributed by atoms with Crippen molar-refractivity contribution < 1.29 is 4.74 Å². The van der Waals surface area contributed by atoms with Crippen LogP contribution in [0.15, 0.2) is 18.5 Å². The number of hydrogen-bond donors (Lipinski definition) is 1. The number of hydrogen-bond acceptors (Lipinski definition) is 4. The van der Waals surface area contributed by atoms with E-state index in [0.717, 1.165) is 29.2 Å². The van der Waals surface area contributed by atoms with E-state index in [1.165, 1.54) is 0 Å². The average molecular weight is 224 g/mol. The Morgan fingerprint density at radius 2 is 2.47 bits per heavy atom. The fourth-order valence-corrected chi connectivity index (χ4v) is 2.61. The smallest absolute Gasteiger partial charge is 0.0858 e. The maximum atomic E-state index is 6.16. The van der Waals surface area contributed by atoms with Crippen LogP contribution in [0.2, 0.25) is 0 Å². The van der Waals surface area contributed by atoms with Crippen molar-refractivity contribution >= 4 is 11.8 Å². The van der Waals surface area contributed by atoms with Gasteiger partial charge in [0.05, 0.1) is 18.8 Å². The molecule has 0 bridgehead atoms. The van der Waals surface area contributed by atoms with Crippen molar-refractivity contribution in [1.29, 1.82) is 0 Å². The van der Waals surface area contributed by atoms with Gasteiger partial charge < -0.3 is 10.5 Å². The van der Waals surface area contributed by atoms with E-state index in [-0.39, 0.29) is 12.1 Å². The van der Waals surface area contributed by atoms with Gasteiger partial charge in [0.25, 0.3) is 0 Å². The largest absolute Gasteiger partial charge is 0.375 e. The van der Waals surface area contributed by atoms with Crippen molar-refractivity contribution in [1.82, 2.24) is 4.98 Å². The zero-order chi connectivity index (χ0) is 10.7. The topological polar surface area (TPSA) is 48.1 Å². The Kier molecular flexibility index (Phi) is 3.61. The Hall–Kier alpha value is -0.580. The fraction of sp³-hybridized carbons (Fsp3) is 0.545. The maximum Gasteiger partial charge on any atom is 0.0858 e. The number of ether oxygens (including phenoxy) is 1. The summed E-state index contributed by atoms with van der Waals surface area (Å²) in [6.07, 6.45) is 3.81. The van der Waals surface area contributed by atoms with Crippen LogP contribution < -0.4 is 5.73 Å². The molecule has 0 saturated carbocycles. The average Bonchev–Trinajstić information content (AvgIpc) is 2.29. The zero-order valence-corrected chi connectivity index (χ0v) is 9.67. The molecule has 0 amide bonds. The molecule has 1 fully saturated rings. The first-order chi connectivity index (χ1) is 7.27. The zero-order valence-electron chi connectivity index (χ0n) is 8.85. The molecule has 2 N–H and O–H groups in total. The van der Waals surface area contributed by atoms with E-state index >= 15 is 0 Å². The van der Waals surface area contributed by atoms with Gasteiger partial charge in [0.2, 0.25) is 0 Å². The number of rotatable bonds is 2. The summed E-state index contributed by atoms with van der Waals surface area (Å²) < 4.78 is 5.66. The minimum absolute atomic E-state index is 0.0507. The molecular weight excluding hydrogens is 208 g/mol. The van der Waals surface area contributed by atoms with Crippen LogP contribution in [-0.2, 0) is 4.74 Å². The summed E-state index contributed by atoms with van der Waals surface area (Å²) in [4.78, 5) is 4.16. The highest BCUT2D eigenvalue weighted by atomic mass is 32.2. The van der Waals surface area contributed by atoms with Crippen LogP contribution in [0.1, 0.15) is 17.2 Å². The summed E-state index contributed by atoms with van der Waals surface area (Å²) >= 11 is 1.90. The molecule has 2 unspecified atom stereocenters. The first-order valence-corrected chi connectivity index (χ1v) is 6.29. The molecule has 82 valence electrons. The maximum absolute atomic E-state index is 6.16. The third-order valence-corrected chi connectivity index (χ3v) is 3.54. The second-order valence-corrected chi connectivity index (χ2v) is 4.96. The minimum Gasteiger partial charge on any atom is -0.375 e. The molecule has 1 aromatic rings. The molecule has 1 aliphatic rings. The Bertz CT molecular complexity index is 326. The van der Waals surface area contributed by atoms with Crippen LogP contribution in [0.3, 0.4) is 0 Å².